The predicted octanol–water partition coefficient (Wildman–Crippen LogP) is 5.64. The molecule has 0 spiro atoms. The van der Waals surface area contributed by atoms with Gasteiger partial charge >= 0.3 is 0 Å². The molecule has 0 atom stereocenters. The van der Waals surface area contributed by atoms with E-state index in [1.165, 1.54) is 0 Å². The smallest absolute Gasteiger partial charge is 0.254 e. The monoisotopic (exact) mass is 362 g/mol. The highest BCUT2D eigenvalue weighted by Crippen LogP contribution is 2.30. The van der Waals surface area contributed by atoms with E-state index in [9.17, 15) is 0 Å². The number of hydrogen-bond acceptors (Lipinski definition) is 4. The molecule has 0 fully saturated rings. The Morgan fingerprint density at radius 2 is 1.50 bits per heavy atom. The maximum atomic E-state index is 5.93. The van der Waals surface area contributed by atoms with Crippen LogP contribution in [0.25, 0.3) is 22.6 Å². The van der Waals surface area contributed by atoms with E-state index >= 15 is 0 Å². The summed E-state index contributed by atoms with van der Waals surface area (Å²) in [5.74, 6) is 1.62. The van der Waals surface area contributed by atoms with E-state index in [-0.39, 0.29) is 6.61 Å². The minimum Gasteiger partial charge on any atom is -0.483 e. The van der Waals surface area contributed by atoms with Crippen LogP contribution in [0, 0.1) is 0 Å². The van der Waals surface area contributed by atoms with Crippen LogP contribution >= 0.6 is 11.6 Å². The fourth-order valence-corrected chi connectivity index (χ4v) is 2.74. The molecule has 0 aliphatic carbocycles. The zero-order chi connectivity index (χ0) is 17.8. The predicted molar refractivity (Wildman–Crippen MR) is 101 cm³/mol. The van der Waals surface area contributed by atoms with E-state index in [2.05, 4.69) is 10.2 Å². The van der Waals surface area contributed by atoms with Gasteiger partial charge in [-0.15, -0.1) is 10.2 Å². The normalized spacial score (nSPS) is 10.7. The maximum Gasteiger partial charge on any atom is 0.254 e. The third-order valence-corrected chi connectivity index (χ3v) is 4.13. The Balaban J connectivity index is 1.51. The zero-order valence-corrected chi connectivity index (χ0v) is 14.6. The Bertz CT molecular complexity index is 998. The third kappa shape index (κ3) is 3.60. The molecule has 0 unspecified atom stereocenters. The van der Waals surface area contributed by atoms with Crippen LogP contribution in [0.15, 0.2) is 83.3 Å². The summed E-state index contributed by atoms with van der Waals surface area (Å²) in [6.45, 7) is 0.199. The molecule has 0 amide bonds. The molecule has 5 heteroatoms. The molecule has 4 nitrogen and oxygen atoms in total. The Kier molecular flexibility index (Phi) is 4.67. The van der Waals surface area contributed by atoms with Crippen LogP contribution < -0.4 is 4.74 Å². The fraction of sp³-hybridized carbons (Fsp3) is 0.0476. The summed E-state index contributed by atoms with van der Waals surface area (Å²) in [5.41, 5.74) is 2.93. The van der Waals surface area contributed by atoms with Gasteiger partial charge in [-0.2, -0.15) is 0 Å². The van der Waals surface area contributed by atoms with Crippen molar-refractivity contribution in [3.63, 3.8) is 0 Å². The van der Waals surface area contributed by atoms with Gasteiger partial charge in [0.05, 0.1) is 0 Å². The molecule has 1 heterocycles. The zero-order valence-electron chi connectivity index (χ0n) is 13.8. The minimum absolute atomic E-state index is 0.199. The minimum atomic E-state index is 0.199. The topological polar surface area (TPSA) is 48.2 Å². The van der Waals surface area contributed by atoms with E-state index in [0.29, 0.717) is 16.8 Å². The van der Waals surface area contributed by atoms with Crippen LogP contribution in [-0.2, 0) is 6.61 Å². The van der Waals surface area contributed by atoms with Crippen LogP contribution in [0.3, 0.4) is 0 Å². The summed E-state index contributed by atoms with van der Waals surface area (Å²) < 4.78 is 11.6. The number of hydrogen-bond donors (Lipinski definition) is 0. The molecule has 26 heavy (non-hydrogen) atoms. The number of nitrogens with zero attached hydrogens (tertiary/aromatic N) is 2. The summed E-state index contributed by atoms with van der Waals surface area (Å²) >= 11 is 5.90. The van der Waals surface area contributed by atoms with E-state index in [4.69, 9.17) is 20.8 Å². The summed E-state index contributed by atoms with van der Waals surface area (Å²) in [6.07, 6.45) is 0. The molecule has 0 radical (unpaired) electrons. The molecule has 0 saturated heterocycles. The van der Waals surface area contributed by atoms with E-state index in [0.717, 1.165) is 22.4 Å². The van der Waals surface area contributed by atoms with Crippen molar-refractivity contribution in [3.05, 3.63) is 89.8 Å². The molecular weight excluding hydrogens is 348 g/mol. The van der Waals surface area contributed by atoms with Crippen LogP contribution in [0.5, 0.6) is 5.75 Å². The molecule has 0 saturated carbocycles. The van der Waals surface area contributed by atoms with Gasteiger partial charge in [0.15, 0.2) is 6.61 Å². The molecule has 1 aromatic heterocycles. The summed E-state index contributed by atoms with van der Waals surface area (Å²) in [7, 11) is 0. The average molecular weight is 363 g/mol. The van der Waals surface area contributed by atoms with Crippen molar-refractivity contribution in [1.82, 2.24) is 10.2 Å². The van der Waals surface area contributed by atoms with Crippen LogP contribution in [0.1, 0.15) is 5.89 Å². The van der Waals surface area contributed by atoms with E-state index in [1.54, 1.807) is 12.1 Å². The van der Waals surface area contributed by atoms with Gasteiger partial charge in [-0.3, -0.25) is 0 Å². The fourth-order valence-electron chi connectivity index (χ4n) is 2.61. The lowest BCUT2D eigenvalue weighted by Gasteiger charge is -2.10. The first-order valence-corrected chi connectivity index (χ1v) is 8.53. The first kappa shape index (κ1) is 16.4. The van der Waals surface area contributed by atoms with Crippen molar-refractivity contribution in [3.8, 4) is 28.3 Å². The summed E-state index contributed by atoms with van der Waals surface area (Å²) in [4.78, 5) is 0. The van der Waals surface area contributed by atoms with Crippen molar-refractivity contribution < 1.29 is 9.15 Å². The number of rotatable bonds is 5. The molecule has 0 N–H and O–H groups in total. The number of ether oxygens (including phenoxy) is 1. The van der Waals surface area contributed by atoms with Crippen LogP contribution in [-0.4, -0.2) is 10.2 Å². The van der Waals surface area contributed by atoms with Gasteiger partial charge in [0.1, 0.15) is 5.75 Å². The molecule has 128 valence electrons. The van der Waals surface area contributed by atoms with Crippen LogP contribution in [0.4, 0.5) is 0 Å². The largest absolute Gasteiger partial charge is 0.483 e. The Morgan fingerprint density at radius 1 is 0.769 bits per heavy atom. The molecule has 4 rings (SSSR count). The first-order valence-electron chi connectivity index (χ1n) is 8.15. The van der Waals surface area contributed by atoms with Gasteiger partial charge in [-0.05, 0) is 35.9 Å². The van der Waals surface area contributed by atoms with Crippen molar-refractivity contribution >= 4 is 11.6 Å². The average Bonchev–Trinajstić information content (AvgIpc) is 3.17. The molecule has 3 aromatic carbocycles. The first-order chi connectivity index (χ1) is 12.8. The Hall–Kier alpha value is -3.11. The standard InChI is InChI=1S/C21H15ClN2O2/c22-17-12-10-16(11-13-17)21-24-23-20(26-21)14-25-19-9-5-4-8-18(19)15-6-2-1-3-7-15/h1-13H,14H2. The Morgan fingerprint density at radius 3 is 2.31 bits per heavy atom. The highest BCUT2D eigenvalue weighted by Gasteiger charge is 2.11. The molecular formula is C21H15ClN2O2. The SMILES string of the molecule is Clc1ccc(-c2nnc(COc3ccccc3-c3ccccc3)o2)cc1. The second-order valence-electron chi connectivity index (χ2n) is 5.66. The second-order valence-corrected chi connectivity index (χ2v) is 6.10. The van der Waals surface area contributed by atoms with Gasteiger partial charge in [0, 0.05) is 16.1 Å². The summed E-state index contributed by atoms with van der Waals surface area (Å²) in [6, 6.07) is 25.2. The van der Waals surface area contributed by atoms with Crippen molar-refractivity contribution in [2.24, 2.45) is 0 Å². The third-order valence-electron chi connectivity index (χ3n) is 3.88. The highest BCUT2D eigenvalue weighted by atomic mass is 35.5. The van der Waals surface area contributed by atoms with Crippen molar-refractivity contribution in [1.29, 1.82) is 0 Å². The van der Waals surface area contributed by atoms with E-state index in [1.807, 2.05) is 66.7 Å². The lowest BCUT2D eigenvalue weighted by atomic mass is 10.1. The number of halogens is 1. The van der Waals surface area contributed by atoms with Gasteiger partial charge in [-0.1, -0.05) is 60.1 Å². The lowest BCUT2D eigenvalue weighted by molar-refractivity contribution is 0.265. The Labute approximate surface area is 156 Å². The second kappa shape index (κ2) is 7.42. The van der Waals surface area contributed by atoms with Gasteiger partial charge < -0.3 is 9.15 Å². The van der Waals surface area contributed by atoms with Crippen LogP contribution in [0.2, 0.25) is 5.02 Å². The maximum absolute atomic E-state index is 5.93. The van der Waals surface area contributed by atoms with Gasteiger partial charge in [0.2, 0.25) is 5.89 Å². The molecule has 0 bridgehead atoms. The highest BCUT2D eigenvalue weighted by molar-refractivity contribution is 6.30. The van der Waals surface area contributed by atoms with Crippen molar-refractivity contribution in [2.45, 2.75) is 6.61 Å². The van der Waals surface area contributed by atoms with Gasteiger partial charge in [-0.25, -0.2) is 0 Å². The lowest BCUT2D eigenvalue weighted by Crippen LogP contribution is -1.97. The quantitative estimate of drug-likeness (QED) is 0.461. The van der Waals surface area contributed by atoms with Gasteiger partial charge in [0.25, 0.3) is 5.89 Å². The summed E-state index contributed by atoms with van der Waals surface area (Å²) in [5, 5.41) is 8.79. The molecule has 0 aliphatic rings. The van der Waals surface area contributed by atoms with E-state index < -0.39 is 0 Å². The molecule has 0 aliphatic heterocycles. The number of aromatic nitrogens is 2. The number of benzene rings is 3. The molecule has 4 aromatic rings. The number of para-hydroxylation sites is 1. The van der Waals surface area contributed by atoms with Crippen molar-refractivity contribution in [2.75, 3.05) is 0 Å².